The number of fused-ring (bicyclic) bond motifs is 1. The minimum Gasteiger partial charge on any atom is -0.490 e. The second-order valence-corrected chi connectivity index (χ2v) is 6.64. The van der Waals surface area contributed by atoms with E-state index < -0.39 is 5.97 Å². The number of benzene rings is 2. The fourth-order valence-corrected chi connectivity index (χ4v) is 3.08. The van der Waals surface area contributed by atoms with E-state index in [0.29, 0.717) is 35.7 Å². The van der Waals surface area contributed by atoms with Gasteiger partial charge in [0, 0.05) is 18.3 Å². The molecule has 2 aromatic carbocycles. The van der Waals surface area contributed by atoms with Crippen molar-refractivity contribution in [3.8, 4) is 17.2 Å². The molecule has 3 aromatic rings. The van der Waals surface area contributed by atoms with Gasteiger partial charge in [0.25, 0.3) is 0 Å². The average Bonchev–Trinajstić information content (AvgIpc) is 2.77. The standard InChI is InChI=1S/C23H20N2O5/c26-22-10-7-16-14-17(8-9-20(16)25-22)28-12-13-29-23(27)19-5-1-2-6-21(19)30-18-4-3-11-24-15-18/h1-6,8-9,11,14-15H,7,10,12-13H2,(H,25,26). The summed E-state index contributed by atoms with van der Waals surface area (Å²) < 4.78 is 16.8. The number of carbonyl (C=O) groups excluding carboxylic acids is 2. The average molecular weight is 404 g/mol. The smallest absolute Gasteiger partial charge is 0.342 e. The van der Waals surface area contributed by atoms with Gasteiger partial charge in [0.15, 0.2) is 0 Å². The number of esters is 1. The van der Waals surface area contributed by atoms with E-state index >= 15 is 0 Å². The number of ether oxygens (including phenoxy) is 3. The van der Waals surface area contributed by atoms with Crippen molar-refractivity contribution in [1.82, 2.24) is 4.98 Å². The normalized spacial score (nSPS) is 12.5. The summed E-state index contributed by atoms with van der Waals surface area (Å²) in [7, 11) is 0. The van der Waals surface area contributed by atoms with Crippen molar-refractivity contribution in [3.05, 3.63) is 78.1 Å². The van der Waals surface area contributed by atoms with Crippen molar-refractivity contribution in [1.29, 1.82) is 0 Å². The number of hydrogen-bond donors (Lipinski definition) is 1. The van der Waals surface area contributed by atoms with Crippen LogP contribution in [0.15, 0.2) is 67.0 Å². The molecule has 4 rings (SSSR count). The van der Waals surface area contributed by atoms with Crippen LogP contribution in [0.5, 0.6) is 17.2 Å². The van der Waals surface area contributed by atoms with Crippen LogP contribution in [-0.2, 0) is 16.0 Å². The maximum atomic E-state index is 12.5. The van der Waals surface area contributed by atoms with Crippen LogP contribution in [0.3, 0.4) is 0 Å². The molecule has 1 aromatic heterocycles. The number of rotatable bonds is 7. The molecule has 0 unspecified atom stereocenters. The third-order valence-electron chi connectivity index (χ3n) is 4.53. The number of nitrogens with one attached hydrogen (secondary N) is 1. The summed E-state index contributed by atoms with van der Waals surface area (Å²) in [6, 6.07) is 15.9. The number of aryl methyl sites for hydroxylation is 1. The van der Waals surface area contributed by atoms with Crippen molar-refractivity contribution in [2.45, 2.75) is 12.8 Å². The first kappa shape index (κ1) is 19.4. The van der Waals surface area contributed by atoms with Gasteiger partial charge in [-0.3, -0.25) is 9.78 Å². The Labute approximate surface area is 173 Å². The van der Waals surface area contributed by atoms with Gasteiger partial charge in [-0.25, -0.2) is 4.79 Å². The van der Waals surface area contributed by atoms with E-state index in [-0.39, 0.29) is 19.1 Å². The zero-order chi connectivity index (χ0) is 20.8. The Hall–Kier alpha value is -3.87. The van der Waals surface area contributed by atoms with Gasteiger partial charge in [0.05, 0.1) is 6.20 Å². The van der Waals surface area contributed by atoms with Crippen LogP contribution in [-0.4, -0.2) is 30.1 Å². The minimum atomic E-state index is -0.494. The van der Waals surface area contributed by atoms with Crippen molar-refractivity contribution >= 4 is 17.6 Å². The first-order valence-electron chi connectivity index (χ1n) is 9.59. The zero-order valence-corrected chi connectivity index (χ0v) is 16.2. The summed E-state index contributed by atoms with van der Waals surface area (Å²) in [5.41, 5.74) is 2.17. The second kappa shape index (κ2) is 9.09. The molecule has 0 spiro atoms. The Morgan fingerprint density at radius 2 is 1.90 bits per heavy atom. The molecule has 1 aliphatic rings. The number of para-hydroxylation sites is 1. The van der Waals surface area contributed by atoms with E-state index in [4.69, 9.17) is 14.2 Å². The van der Waals surface area contributed by atoms with Crippen LogP contribution in [0, 0.1) is 0 Å². The molecule has 0 fully saturated rings. The molecule has 0 radical (unpaired) electrons. The lowest BCUT2D eigenvalue weighted by molar-refractivity contribution is -0.116. The Balaban J connectivity index is 1.31. The molecule has 0 atom stereocenters. The Kier molecular flexibility index (Phi) is 5.89. The summed E-state index contributed by atoms with van der Waals surface area (Å²) >= 11 is 0. The molecule has 7 nitrogen and oxygen atoms in total. The quantitative estimate of drug-likeness (QED) is 0.473. The highest BCUT2D eigenvalue weighted by molar-refractivity contribution is 5.94. The lowest BCUT2D eigenvalue weighted by atomic mass is 10.0. The Morgan fingerprint density at radius 1 is 1.00 bits per heavy atom. The van der Waals surface area contributed by atoms with Crippen molar-refractivity contribution in [3.63, 3.8) is 0 Å². The molecule has 0 saturated heterocycles. The fraction of sp³-hybridized carbons (Fsp3) is 0.174. The molecular formula is C23H20N2O5. The highest BCUT2D eigenvalue weighted by atomic mass is 16.6. The highest BCUT2D eigenvalue weighted by Crippen LogP contribution is 2.27. The molecule has 1 aliphatic heterocycles. The van der Waals surface area contributed by atoms with Crippen LogP contribution < -0.4 is 14.8 Å². The summed E-state index contributed by atoms with van der Waals surface area (Å²) in [5.74, 6) is 1.13. The van der Waals surface area contributed by atoms with Gasteiger partial charge in [0.1, 0.15) is 36.0 Å². The number of pyridine rings is 1. The molecule has 1 N–H and O–H groups in total. The largest absolute Gasteiger partial charge is 0.490 e. The topological polar surface area (TPSA) is 86.8 Å². The van der Waals surface area contributed by atoms with E-state index in [2.05, 4.69) is 10.3 Å². The molecule has 0 bridgehead atoms. The molecule has 0 saturated carbocycles. The van der Waals surface area contributed by atoms with E-state index in [0.717, 1.165) is 11.3 Å². The maximum Gasteiger partial charge on any atom is 0.342 e. The van der Waals surface area contributed by atoms with Gasteiger partial charge in [-0.05, 0) is 54.4 Å². The summed E-state index contributed by atoms with van der Waals surface area (Å²) in [6.07, 6.45) is 4.36. The van der Waals surface area contributed by atoms with Crippen LogP contribution >= 0.6 is 0 Å². The maximum absolute atomic E-state index is 12.5. The predicted molar refractivity (Wildman–Crippen MR) is 110 cm³/mol. The first-order chi connectivity index (χ1) is 14.7. The second-order valence-electron chi connectivity index (χ2n) is 6.64. The minimum absolute atomic E-state index is 0.0240. The van der Waals surface area contributed by atoms with Gasteiger partial charge < -0.3 is 19.5 Å². The molecule has 30 heavy (non-hydrogen) atoms. The first-order valence-corrected chi connectivity index (χ1v) is 9.59. The number of anilines is 1. The van der Waals surface area contributed by atoms with E-state index in [1.54, 1.807) is 54.9 Å². The van der Waals surface area contributed by atoms with Crippen LogP contribution in [0.4, 0.5) is 5.69 Å². The highest BCUT2D eigenvalue weighted by Gasteiger charge is 2.16. The molecular weight excluding hydrogens is 384 g/mol. The molecule has 152 valence electrons. The van der Waals surface area contributed by atoms with Crippen LogP contribution in [0.25, 0.3) is 0 Å². The van der Waals surface area contributed by atoms with Crippen LogP contribution in [0.2, 0.25) is 0 Å². The SMILES string of the molecule is O=C1CCc2cc(OCCOC(=O)c3ccccc3Oc3cccnc3)ccc2N1. The Morgan fingerprint density at radius 3 is 2.77 bits per heavy atom. The number of amides is 1. The summed E-state index contributed by atoms with van der Waals surface area (Å²) in [4.78, 5) is 27.9. The molecule has 7 heteroatoms. The van der Waals surface area contributed by atoms with Crippen molar-refractivity contribution < 1.29 is 23.8 Å². The van der Waals surface area contributed by atoms with Crippen molar-refractivity contribution in [2.24, 2.45) is 0 Å². The number of aromatic nitrogens is 1. The van der Waals surface area contributed by atoms with E-state index in [1.807, 2.05) is 12.1 Å². The van der Waals surface area contributed by atoms with Gasteiger partial charge in [-0.15, -0.1) is 0 Å². The molecule has 0 aliphatic carbocycles. The van der Waals surface area contributed by atoms with Crippen molar-refractivity contribution in [2.75, 3.05) is 18.5 Å². The molecule has 2 heterocycles. The number of hydrogen-bond acceptors (Lipinski definition) is 6. The summed E-state index contributed by atoms with van der Waals surface area (Å²) in [5, 5.41) is 2.83. The predicted octanol–water partition coefficient (Wildman–Crippen LogP) is 3.99. The summed E-state index contributed by atoms with van der Waals surface area (Å²) in [6.45, 7) is 0.302. The zero-order valence-electron chi connectivity index (χ0n) is 16.2. The van der Waals surface area contributed by atoms with E-state index in [9.17, 15) is 9.59 Å². The fourth-order valence-electron chi connectivity index (χ4n) is 3.08. The third kappa shape index (κ3) is 4.75. The monoisotopic (exact) mass is 404 g/mol. The number of carbonyl (C=O) groups is 2. The molecule has 1 amide bonds. The van der Waals surface area contributed by atoms with Gasteiger partial charge in [-0.1, -0.05) is 12.1 Å². The third-order valence-corrected chi connectivity index (χ3v) is 4.53. The number of nitrogens with zero attached hydrogens (tertiary/aromatic N) is 1. The van der Waals surface area contributed by atoms with E-state index in [1.165, 1.54) is 0 Å². The lowest BCUT2D eigenvalue weighted by Gasteiger charge is -2.17. The van der Waals surface area contributed by atoms with Gasteiger partial charge >= 0.3 is 5.97 Å². The lowest BCUT2D eigenvalue weighted by Crippen LogP contribution is -2.19. The van der Waals surface area contributed by atoms with Gasteiger partial charge in [0.2, 0.25) is 5.91 Å². The van der Waals surface area contributed by atoms with Gasteiger partial charge in [-0.2, -0.15) is 0 Å². The Bertz CT molecular complexity index is 1050. The van der Waals surface area contributed by atoms with Crippen LogP contribution in [0.1, 0.15) is 22.3 Å².